The summed E-state index contributed by atoms with van der Waals surface area (Å²) in [6, 6.07) is 9.60. The van der Waals surface area contributed by atoms with Gasteiger partial charge in [-0.15, -0.1) is 12.4 Å². The second-order valence-electron chi connectivity index (χ2n) is 6.19. The van der Waals surface area contributed by atoms with E-state index in [0.717, 1.165) is 13.1 Å². The van der Waals surface area contributed by atoms with E-state index in [4.69, 9.17) is 5.73 Å². The lowest BCUT2D eigenvalue weighted by Crippen LogP contribution is -2.52. The predicted octanol–water partition coefficient (Wildman–Crippen LogP) is 0.856. The van der Waals surface area contributed by atoms with Gasteiger partial charge >= 0.3 is 0 Å². The lowest BCUT2D eigenvalue weighted by molar-refractivity contribution is -0.133. The summed E-state index contributed by atoms with van der Waals surface area (Å²) in [4.78, 5) is 28.0. The molecule has 0 saturated carbocycles. The molecule has 1 atom stereocenters. The third-order valence-electron chi connectivity index (χ3n) is 4.19. The van der Waals surface area contributed by atoms with E-state index in [2.05, 4.69) is 22.3 Å². The van der Waals surface area contributed by atoms with Gasteiger partial charge in [-0.25, -0.2) is 0 Å². The van der Waals surface area contributed by atoms with E-state index in [1.165, 1.54) is 5.69 Å². The molecule has 24 heavy (non-hydrogen) atoms. The average molecular weight is 355 g/mol. The van der Waals surface area contributed by atoms with Crippen molar-refractivity contribution in [2.45, 2.75) is 19.9 Å². The van der Waals surface area contributed by atoms with Crippen LogP contribution in [0.5, 0.6) is 0 Å². The second-order valence-corrected chi connectivity index (χ2v) is 6.19. The molecule has 0 unspecified atom stereocenters. The number of carbonyl (C=O) groups is 2. The van der Waals surface area contributed by atoms with Crippen molar-refractivity contribution in [2.24, 2.45) is 11.7 Å². The van der Waals surface area contributed by atoms with E-state index in [9.17, 15) is 9.59 Å². The van der Waals surface area contributed by atoms with Gasteiger partial charge in [0, 0.05) is 31.9 Å². The lowest BCUT2D eigenvalue weighted by atomic mass is 10.1. The van der Waals surface area contributed by atoms with E-state index in [1.807, 2.05) is 32.0 Å². The third kappa shape index (κ3) is 5.39. The van der Waals surface area contributed by atoms with Gasteiger partial charge in [0.25, 0.3) is 0 Å². The molecule has 6 nitrogen and oxygen atoms in total. The number of amides is 2. The summed E-state index contributed by atoms with van der Waals surface area (Å²) in [5.41, 5.74) is 6.94. The highest BCUT2D eigenvalue weighted by Gasteiger charge is 2.23. The number of hydrogen-bond acceptors (Lipinski definition) is 4. The van der Waals surface area contributed by atoms with Gasteiger partial charge in [-0.05, 0) is 18.1 Å². The first-order valence-electron chi connectivity index (χ1n) is 8.10. The Kier molecular flexibility index (Phi) is 8.01. The fourth-order valence-electron chi connectivity index (χ4n) is 2.55. The first-order chi connectivity index (χ1) is 11.0. The maximum absolute atomic E-state index is 12.2. The molecule has 0 bridgehead atoms. The second kappa shape index (κ2) is 9.49. The van der Waals surface area contributed by atoms with Crippen LogP contribution in [0.1, 0.15) is 13.8 Å². The SMILES string of the molecule is CC(C)[C@H](N)C(=O)NCC(=O)N1CCN(c2ccccc2)CC1.Cl. The molecule has 7 heteroatoms. The molecule has 2 amide bonds. The number of anilines is 1. The normalized spacial score (nSPS) is 15.7. The van der Waals surface area contributed by atoms with Crippen LogP contribution in [0.2, 0.25) is 0 Å². The quantitative estimate of drug-likeness (QED) is 0.822. The first kappa shape index (κ1) is 20.3. The Morgan fingerprint density at radius 3 is 2.25 bits per heavy atom. The fourth-order valence-corrected chi connectivity index (χ4v) is 2.55. The highest BCUT2D eigenvalue weighted by molar-refractivity contribution is 5.87. The third-order valence-corrected chi connectivity index (χ3v) is 4.19. The molecule has 1 aliphatic heterocycles. The molecule has 1 saturated heterocycles. The Hall–Kier alpha value is -1.79. The van der Waals surface area contributed by atoms with Crippen LogP contribution in [0, 0.1) is 5.92 Å². The number of nitrogens with two attached hydrogens (primary N) is 1. The molecule has 0 aliphatic carbocycles. The Morgan fingerprint density at radius 2 is 1.71 bits per heavy atom. The molecule has 1 fully saturated rings. The Labute approximate surface area is 149 Å². The van der Waals surface area contributed by atoms with Crippen molar-refractivity contribution in [2.75, 3.05) is 37.6 Å². The summed E-state index contributed by atoms with van der Waals surface area (Å²) in [5, 5.41) is 2.63. The molecular weight excluding hydrogens is 328 g/mol. The number of piperazine rings is 1. The fraction of sp³-hybridized carbons (Fsp3) is 0.529. The topological polar surface area (TPSA) is 78.7 Å². The summed E-state index contributed by atoms with van der Waals surface area (Å²) in [5.74, 6) is -0.266. The van der Waals surface area contributed by atoms with Crippen molar-refractivity contribution in [3.63, 3.8) is 0 Å². The number of benzene rings is 1. The van der Waals surface area contributed by atoms with Crippen LogP contribution in [0.15, 0.2) is 30.3 Å². The van der Waals surface area contributed by atoms with Crippen molar-refractivity contribution >= 4 is 29.9 Å². The van der Waals surface area contributed by atoms with E-state index in [1.54, 1.807) is 4.90 Å². The monoisotopic (exact) mass is 354 g/mol. The predicted molar refractivity (Wildman–Crippen MR) is 98.3 cm³/mol. The summed E-state index contributed by atoms with van der Waals surface area (Å²) < 4.78 is 0. The molecule has 1 heterocycles. The summed E-state index contributed by atoms with van der Waals surface area (Å²) in [6.45, 7) is 6.72. The molecule has 1 aromatic rings. The van der Waals surface area contributed by atoms with Crippen molar-refractivity contribution < 1.29 is 9.59 Å². The Balaban J connectivity index is 0.00000288. The van der Waals surface area contributed by atoms with Gasteiger partial charge in [0.1, 0.15) is 0 Å². The first-order valence-corrected chi connectivity index (χ1v) is 8.10. The molecule has 2 rings (SSSR count). The minimum absolute atomic E-state index is 0. The highest BCUT2D eigenvalue weighted by Crippen LogP contribution is 2.15. The number of rotatable bonds is 5. The molecule has 0 radical (unpaired) electrons. The molecule has 3 N–H and O–H groups in total. The standard InChI is InChI=1S/C17H26N4O2.ClH/c1-13(2)16(18)17(23)19-12-15(22)21-10-8-20(9-11-21)14-6-4-3-5-7-14;/h3-7,13,16H,8-12,18H2,1-2H3,(H,19,23);1H/t16-;/m0./s1. The van der Waals surface area contributed by atoms with E-state index in [-0.39, 0.29) is 36.7 Å². The zero-order valence-corrected chi connectivity index (χ0v) is 15.1. The summed E-state index contributed by atoms with van der Waals surface area (Å²) in [7, 11) is 0. The molecule has 0 aromatic heterocycles. The van der Waals surface area contributed by atoms with Crippen LogP contribution in [0.25, 0.3) is 0 Å². The average Bonchev–Trinajstić information content (AvgIpc) is 2.59. The van der Waals surface area contributed by atoms with E-state index >= 15 is 0 Å². The van der Waals surface area contributed by atoms with Crippen molar-refractivity contribution in [1.82, 2.24) is 10.2 Å². The zero-order chi connectivity index (χ0) is 16.8. The number of carbonyl (C=O) groups excluding carboxylic acids is 2. The number of para-hydroxylation sites is 1. The minimum atomic E-state index is -0.572. The molecule has 134 valence electrons. The number of nitrogens with one attached hydrogen (secondary N) is 1. The van der Waals surface area contributed by atoms with E-state index < -0.39 is 6.04 Å². The van der Waals surface area contributed by atoms with Gasteiger partial charge in [0.2, 0.25) is 11.8 Å². The van der Waals surface area contributed by atoms with Gasteiger partial charge in [0.15, 0.2) is 0 Å². The summed E-state index contributed by atoms with van der Waals surface area (Å²) >= 11 is 0. The Morgan fingerprint density at radius 1 is 1.12 bits per heavy atom. The lowest BCUT2D eigenvalue weighted by Gasteiger charge is -2.36. The van der Waals surface area contributed by atoms with Crippen LogP contribution in [0.3, 0.4) is 0 Å². The van der Waals surface area contributed by atoms with Crippen molar-refractivity contribution in [1.29, 1.82) is 0 Å². The maximum atomic E-state index is 12.2. The van der Waals surface area contributed by atoms with Gasteiger partial charge in [-0.1, -0.05) is 32.0 Å². The van der Waals surface area contributed by atoms with Crippen LogP contribution < -0.4 is 16.0 Å². The van der Waals surface area contributed by atoms with Crippen LogP contribution in [-0.4, -0.2) is 55.5 Å². The van der Waals surface area contributed by atoms with Gasteiger partial charge in [-0.3, -0.25) is 9.59 Å². The van der Waals surface area contributed by atoms with Crippen LogP contribution >= 0.6 is 12.4 Å². The van der Waals surface area contributed by atoms with Gasteiger partial charge in [-0.2, -0.15) is 0 Å². The maximum Gasteiger partial charge on any atom is 0.242 e. The Bertz CT molecular complexity index is 531. The largest absolute Gasteiger partial charge is 0.368 e. The van der Waals surface area contributed by atoms with Crippen LogP contribution in [0.4, 0.5) is 5.69 Å². The minimum Gasteiger partial charge on any atom is -0.368 e. The zero-order valence-electron chi connectivity index (χ0n) is 14.3. The summed E-state index contributed by atoms with van der Waals surface area (Å²) in [6.07, 6.45) is 0. The number of hydrogen-bond donors (Lipinski definition) is 2. The van der Waals surface area contributed by atoms with Gasteiger partial charge < -0.3 is 20.9 Å². The molecule has 0 spiro atoms. The van der Waals surface area contributed by atoms with Crippen molar-refractivity contribution in [3.05, 3.63) is 30.3 Å². The highest BCUT2D eigenvalue weighted by atomic mass is 35.5. The number of nitrogens with zero attached hydrogens (tertiary/aromatic N) is 2. The number of halogens is 1. The van der Waals surface area contributed by atoms with Gasteiger partial charge in [0.05, 0.1) is 12.6 Å². The molecular formula is C17H27ClN4O2. The smallest absolute Gasteiger partial charge is 0.242 e. The van der Waals surface area contributed by atoms with Crippen LogP contribution in [-0.2, 0) is 9.59 Å². The molecule has 1 aromatic carbocycles. The van der Waals surface area contributed by atoms with E-state index in [0.29, 0.717) is 13.1 Å². The van der Waals surface area contributed by atoms with Crippen molar-refractivity contribution in [3.8, 4) is 0 Å². The molecule has 1 aliphatic rings.